The first kappa shape index (κ1) is 25.0. The van der Waals surface area contributed by atoms with Gasteiger partial charge in [0.25, 0.3) is 11.7 Å². The summed E-state index contributed by atoms with van der Waals surface area (Å²) < 4.78 is 19.7. The number of rotatable bonds is 6. The van der Waals surface area contributed by atoms with Crippen LogP contribution in [0, 0.1) is 12.7 Å². The van der Waals surface area contributed by atoms with Gasteiger partial charge in [-0.25, -0.2) is 4.39 Å². The van der Waals surface area contributed by atoms with E-state index in [0.717, 1.165) is 5.69 Å². The third-order valence-corrected chi connectivity index (χ3v) is 6.07. The summed E-state index contributed by atoms with van der Waals surface area (Å²) in [6.45, 7) is 5.38. The number of anilines is 2. The van der Waals surface area contributed by atoms with E-state index < -0.39 is 23.5 Å². The zero-order chi connectivity index (χ0) is 26.1. The van der Waals surface area contributed by atoms with Crippen LogP contribution in [-0.4, -0.2) is 37.0 Å². The molecule has 1 fully saturated rings. The molecular weight excluding hydrogens is 459 g/mol. The van der Waals surface area contributed by atoms with Crippen molar-refractivity contribution >= 4 is 28.8 Å². The maximum Gasteiger partial charge on any atom is 0.300 e. The molecule has 1 aliphatic rings. The first-order valence-electron chi connectivity index (χ1n) is 11.7. The number of halogens is 1. The van der Waals surface area contributed by atoms with E-state index >= 15 is 0 Å². The Balaban J connectivity index is 1.92. The molecule has 7 heteroatoms. The summed E-state index contributed by atoms with van der Waals surface area (Å²) in [7, 11) is 3.82. The lowest BCUT2D eigenvalue weighted by Gasteiger charge is -2.26. The second kappa shape index (κ2) is 9.85. The molecule has 1 aliphatic heterocycles. The van der Waals surface area contributed by atoms with Gasteiger partial charge in [0, 0.05) is 31.0 Å². The van der Waals surface area contributed by atoms with Crippen molar-refractivity contribution in [1.29, 1.82) is 0 Å². The second-order valence-electron chi connectivity index (χ2n) is 9.28. The van der Waals surface area contributed by atoms with Gasteiger partial charge in [-0.05, 0) is 86.5 Å². The monoisotopic (exact) mass is 488 g/mol. The van der Waals surface area contributed by atoms with E-state index in [1.165, 1.54) is 23.1 Å². The summed E-state index contributed by atoms with van der Waals surface area (Å²) in [5, 5.41) is 11.3. The molecule has 0 aliphatic carbocycles. The molecule has 4 rings (SSSR count). The minimum atomic E-state index is -0.906. The molecular formula is C29H29FN2O4. The third-order valence-electron chi connectivity index (χ3n) is 6.07. The van der Waals surface area contributed by atoms with Crippen molar-refractivity contribution in [2.24, 2.45) is 0 Å². The van der Waals surface area contributed by atoms with Crippen LogP contribution < -0.4 is 14.5 Å². The minimum absolute atomic E-state index is 0.0654. The maximum atomic E-state index is 13.9. The van der Waals surface area contributed by atoms with E-state index in [1.54, 1.807) is 43.3 Å². The van der Waals surface area contributed by atoms with Crippen LogP contribution in [0.5, 0.6) is 5.75 Å². The molecule has 0 spiro atoms. The molecule has 186 valence electrons. The van der Waals surface area contributed by atoms with Gasteiger partial charge < -0.3 is 14.7 Å². The van der Waals surface area contributed by atoms with Crippen LogP contribution in [0.25, 0.3) is 5.76 Å². The number of carbonyl (C=O) groups is 2. The molecule has 0 saturated carbocycles. The number of aryl methyl sites for hydroxylation is 1. The molecule has 1 atom stereocenters. The van der Waals surface area contributed by atoms with Crippen LogP contribution in [0.3, 0.4) is 0 Å². The van der Waals surface area contributed by atoms with Gasteiger partial charge in [-0.2, -0.15) is 0 Å². The standard InChI is InChI=1S/C29H29FN2O4/c1-17(2)36-23-8-6-7-19(16-23)26-25(27(33)20-9-14-24(30)18(3)15-20)28(34)29(35)32(26)22-12-10-21(11-13-22)31(4)5/h6-17,26,33H,1-5H3/b27-25-. The fourth-order valence-corrected chi connectivity index (χ4v) is 4.30. The fourth-order valence-electron chi connectivity index (χ4n) is 4.30. The summed E-state index contributed by atoms with van der Waals surface area (Å²) in [4.78, 5) is 30.0. The molecule has 1 saturated heterocycles. The highest BCUT2D eigenvalue weighted by atomic mass is 19.1. The first-order chi connectivity index (χ1) is 17.1. The van der Waals surface area contributed by atoms with Gasteiger partial charge in [0.05, 0.1) is 17.7 Å². The van der Waals surface area contributed by atoms with Gasteiger partial charge >= 0.3 is 0 Å². The van der Waals surface area contributed by atoms with Gasteiger partial charge in [-0.15, -0.1) is 0 Å². The number of Topliss-reactive ketones (excluding diaryl/α,β-unsaturated/α-hetero) is 1. The summed E-state index contributed by atoms with van der Waals surface area (Å²) in [5.41, 5.74) is 2.55. The number of ether oxygens (including phenoxy) is 1. The molecule has 36 heavy (non-hydrogen) atoms. The molecule has 1 heterocycles. The summed E-state index contributed by atoms with van der Waals surface area (Å²) >= 11 is 0. The Morgan fingerprint density at radius 2 is 1.72 bits per heavy atom. The molecule has 1 N–H and O–H groups in total. The van der Waals surface area contributed by atoms with Crippen molar-refractivity contribution in [3.63, 3.8) is 0 Å². The van der Waals surface area contributed by atoms with E-state index in [4.69, 9.17) is 4.74 Å². The smallest absolute Gasteiger partial charge is 0.300 e. The summed E-state index contributed by atoms with van der Waals surface area (Å²) in [6, 6.07) is 17.5. The Kier molecular flexibility index (Phi) is 6.84. The van der Waals surface area contributed by atoms with Gasteiger partial charge in [0.1, 0.15) is 17.3 Å². The van der Waals surface area contributed by atoms with Gasteiger partial charge in [-0.3, -0.25) is 14.5 Å². The van der Waals surface area contributed by atoms with Crippen LogP contribution in [0.1, 0.15) is 36.6 Å². The Hall–Kier alpha value is -4.13. The number of aliphatic hydroxyl groups is 1. The molecule has 0 bridgehead atoms. The van der Waals surface area contributed by atoms with E-state index in [-0.39, 0.29) is 23.0 Å². The topological polar surface area (TPSA) is 70.1 Å². The van der Waals surface area contributed by atoms with Crippen LogP contribution in [-0.2, 0) is 9.59 Å². The van der Waals surface area contributed by atoms with Gasteiger partial charge in [0.15, 0.2) is 0 Å². The average Bonchev–Trinajstić information content (AvgIpc) is 3.10. The third kappa shape index (κ3) is 4.69. The summed E-state index contributed by atoms with van der Waals surface area (Å²) in [6.07, 6.45) is -0.0765. The molecule has 0 radical (unpaired) electrons. The van der Waals surface area contributed by atoms with E-state index in [1.807, 2.05) is 45.0 Å². The predicted octanol–water partition coefficient (Wildman–Crippen LogP) is 5.61. The minimum Gasteiger partial charge on any atom is -0.507 e. The zero-order valence-corrected chi connectivity index (χ0v) is 20.9. The van der Waals surface area contributed by atoms with Gasteiger partial charge in [-0.1, -0.05) is 12.1 Å². The number of hydrogen-bond acceptors (Lipinski definition) is 5. The van der Waals surface area contributed by atoms with Crippen molar-refractivity contribution in [2.45, 2.75) is 32.9 Å². The highest BCUT2D eigenvalue weighted by molar-refractivity contribution is 6.51. The quantitative estimate of drug-likeness (QED) is 0.277. The average molecular weight is 489 g/mol. The number of ketones is 1. The van der Waals surface area contributed by atoms with Crippen LogP contribution in [0.15, 0.2) is 72.3 Å². The van der Waals surface area contributed by atoms with Gasteiger partial charge in [0.2, 0.25) is 0 Å². The fraction of sp³-hybridized carbons (Fsp3) is 0.241. The lowest BCUT2D eigenvalue weighted by molar-refractivity contribution is -0.132. The Morgan fingerprint density at radius 1 is 1.03 bits per heavy atom. The van der Waals surface area contributed by atoms with Crippen molar-refractivity contribution in [1.82, 2.24) is 0 Å². The highest BCUT2D eigenvalue weighted by Gasteiger charge is 2.47. The number of carbonyl (C=O) groups excluding carboxylic acids is 2. The maximum absolute atomic E-state index is 13.9. The second-order valence-corrected chi connectivity index (χ2v) is 9.28. The number of nitrogens with zero attached hydrogens (tertiary/aromatic N) is 2. The van der Waals surface area contributed by atoms with Crippen molar-refractivity contribution in [3.05, 3.63) is 94.8 Å². The Labute approximate surface area is 210 Å². The van der Waals surface area contributed by atoms with Crippen LogP contribution >= 0.6 is 0 Å². The lowest BCUT2D eigenvalue weighted by atomic mass is 9.94. The molecule has 1 unspecified atom stereocenters. The number of aliphatic hydroxyl groups excluding tert-OH is 1. The van der Waals surface area contributed by atoms with Crippen molar-refractivity contribution < 1.29 is 23.8 Å². The number of amides is 1. The molecule has 6 nitrogen and oxygen atoms in total. The SMILES string of the molecule is Cc1cc(/C(O)=C2/C(=O)C(=O)N(c3ccc(N(C)C)cc3)C2c2cccc(OC(C)C)c2)ccc1F. The van der Waals surface area contributed by atoms with Crippen LogP contribution in [0.2, 0.25) is 0 Å². The molecule has 3 aromatic rings. The Bertz CT molecular complexity index is 1350. The van der Waals surface area contributed by atoms with Crippen molar-refractivity contribution in [2.75, 3.05) is 23.9 Å². The van der Waals surface area contributed by atoms with Crippen molar-refractivity contribution in [3.8, 4) is 5.75 Å². The van der Waals surface area contributed by atoms with E-state index in [9.17, 15) is 19.1 Å². The van der Waals surface area contributed by atoms with E-state index in [0.29, 0.717) is 22.6 Å². The lowest BCUT2D eigenvalue weighted by Crippen LogP contribution is -2.29. The van der Waals surface area contributed by atoms with Crippen LogP contribution in [0.4, 0.5) is 15.8 Å². The first-order valence-corrected chi connectivity index (χ1v) is 11.7. The number of benzene rings is 3. The highest BCUT2D eigenvalue weighted by Crippen LogP contribution is 2.43. The zero-order valence-electron chi connectivity index (χ0n) is 20.9. The molecule has 3 aromatic carbocycles. The Morgan fingerprint density at radius 3 is 2.33 bits per heavy atom. The summed E-state index contributed by atoms with van der Waals surface area (Å²) in [5.74, 6) is -1.78. The predicted molar refractivity (Wildman–Crippen MR) is 139 cm³/mol. The number of hydrogen-bond donors (Lipinski definition) is 1. The van der Waals surface area contributed by atoms with E-state index in [2.05, 4.69) is 0 Å². The molecule has 0 aromatic heterocycles. The normalized spacial score (nSPS) is 17.1. The molecule has 1 amide bonds. The largest absolute Gasteiger partial charge is 0.507 e.